The molecule has 4 heterocycles. The summed E-state index contributed by atoms with van der Waals surface area (Å²) in [5.41, 5.74) is 3.75. The Morgan fingerprint density at radius 2 is 1.75 bits per heavy atom. The highest BCUT2D eigenvalue weighted by Gasteiger charge is 2.13. The molecule has 28 heavy (non-hydrogen) atoms. The normalized spacial score (nSPS) is 14.4. The lowest BCUT2D eigenvalue weighted by Crippen LogP contribution is -2.36. The van der Waals surface area contributed by atoms with Crippen LogP contribution >= 0.6 is 0 Å². The van der Waals surface area contributed by atoms with Crippen molar-refractivity contribution in [2.45, 2.75) is 0 Å². The second-order valence-corrected chi connectivity index (χ2v) is 6.61. The summed E-state index contributed by atoms with van der Waals surface area (Å²) in [5.74, 6) is 1.51. The van der Waals surface area contributed by atoms with E-state index in [1.807, 2.05) is 59.2 Å². The first-order valence-corrected chi connectivity index (χ1v) is 9.34. The molecule has 1 aliphatic heterocycles. The molecule has 1 aromatic carbocycles. The lowest BCUT2D eigenvalue weighted by molar-refractivity contribution is 0.122. The summed E-state index contributed by atoms with van der Waals surface area (Å²) < 4.78 is 7.25. The van der Waals surface area contributed by atoms with E-state index in [9.17, 15) is 0 Å². The van der Waals surface area contributed by atoms with Crippen LogP contribution in [0.15, 0.2) is 66.9 Å². The fraction of sp³-hybridized carbons (Fsp3) is 0.190. The number of hydrogen-bond acceptors (Lipinski definition) is 6. The third-order valence-corrected chi connectivity index (χ3v) is 4.77. The molecule has 5 rings (SSSR count). The Kier molecular flexibility index (Phi) is 4.34. The first-order valence-electron chi connectivity index (χ1n) is 9.34. The predicted octanol–water partition coefficient (Wildman–Crippen LogP) is 3.37. The summed E-state index contributed by atoms with van der Waals surface area (Å²) in [7, 11) is 0. The maximum absolute atomic E-state index is 5.39. The molecule has 0 saturated carbocycles. The number of pyridine rings is 2. The molecule has 3 aromatic heterocycles. The standard InChI is InChI=1S/C21H20N6O/c1-2-5-16(6-3-1)18-7-4-8-20-24-21(25-27(18)20)23-17-9-10-19(22-15-17)26-11-13-28-14-12-26/h1-10,15H,11-14H2,(H,23,25). The molecule has 1 saturated heterocycles. The van der Waals surface area contributed by atoms with Crippen molar-refractivity contribution >= 4 is 23.1 Å². The van der Waals surface area contributed by atoms with Crippen molar-refractivity contribution < 1.29 is 4.74 Å². The number of nitrogens with zero attached hydrogens (tertiary/aromatic N) is 5. The van der Waals surface area contributed by atoms with E-state index in [4.69, 9.17) is 4.74 Å². The van der Waals surface area contributed by atoms with Crippen molar-refractivity contribution in [3.8, 4) is 11.3 Å². The van der Waals surface area contributed by atoms with Crippen LogP contribution < -0.4 is 10.2 Å². The highest BCUT2D eigenvalue weighted by molar-refractivity contribution is 5.64. The van der Waals surface area contributed by atoms with Gasteiger partial charge in [-0.05, 0) is 24.3 Å². The highest BCUT2D eigenvalue weighted by atomic mass is 16.5. The van der Waals surface area contributed by atoms with Crippen LogP contribution in [0.4, 0.5) is 17.5 Å². The number of ether oxygens (including phenoxy) is 1. The second-order valence-electron chi connectivity index (χ2n) is 6.61. The van der Waals surface area contributed by atoms with E-state index < -0.39 is 0 Å². The summed E-state index contributed by atoms with van der Waals surface area (Å²) in [6, 6.07) is 20.2. The van der Waals surface area contributed by atoms with E-state index in [1.165, 1.54) is 0 Å². The van der Waals surface area contributed by atoms with Gasteiger partial charge in [-0.1, -0.05) is 36.4 Å². The van der Waals surface area contributed by atoms with Gasteiger partial charge in [0.1, 0.15) is 5.82 Å². The average molecular weight is 372 g/mol. The zero-order valence-electron chi connectivity index (χ0n) is 15.3. The third-order valence-electron chi connectivity index (χ3n) is 4.77. The van der Waals surface area contributed by atoms with Gasteiger partial charge in [0.25, 0.3) is 0 Å². The van der Waals surface area contributed by atoms with Gasteiger partial charge in [0.15, 0.2) is 5.65 Å². The fourth-order valence-electron chi connectivity index (χ4n) is 3.35. The minimum absolute atomic E-state index is 0.546. The van der Waals surface area contributed by atoms with Crippen molar-refractivity contribution in [3.63, 3.8) is 0 Å². The molecule has 0 spiro atoms. The SMILES string of the molecule is c1ccc(-c2cccc3nc(Nc4ccc(N5CCOCC5)nc4)nn23)cc1. The van der Waals surface area contributed by atoms with E-state index in [0.29, 0.717) is 5.95 Å². The zero-order valence-corrected chi connectivity index (χ0v) is 15.3. The molecule has 1 fully saturated rings. The first-order chi connectivity index (χ1) is 13.9. The highest BCUT2D eigenvalue weighted by Crippen LogP contribution is 2.22. The van der Waals surface area contributed by atoms with E-state index in [-0.39, 0.29) is 0 Å². The van der Waals surface area contributed by atoms with Gasteiger partial charge in [0.05, 0.1) is 30.8 Å². The van der Waals surface area contributed by atoms with Crippen LogP contribution in [-0.4, -0.2) is 45.9 Å². The maximum Gasteiger partial charge on any atom is 0.247 e. The van der Waals surface area contributed by atoms with Gasteiger partial charge in [-0.3, -0.25) is 0 Å². The van der Waals surface area contributed by atoms with Gasteiger partial charge in [-0.25, -0.2) is 9.50 Å². The van der Waals surface area contributed by atoms with Crippen LogP contribution in [0.25, 0.3) is 16.9 Å². The Morgan fingerprint density at radius 1 is 0.893 bits per heavy atom. The summed E-state index contributed by atoms with van der Waals surface area (Å²) in [5, 5.41) is 7.89. The van der Waals surface area contributed by atoms with Crippen molar-refractivity contribution in [3.05, 3.63) is 66.9 Å². The molecule has 0 atom stereocenters. The average Bonchev–Trinajstić information content (AvgIpc) is 3.18. The van der Waals surface area contributed by atoms with Gasteiger partial charge in [-0.2, -0.15) is 4.98 Å². The van der Waals surface area contributed by atoms with E-state index in [0.717, 1.165) is 54.7 Å². The maximum atomic E-state index is 5.39. The molecule has 140 valence electrons. The van der Waals surface area contributed by atoms with Gasteiger partial charge < -0.3 is 15.0 Å². The summed E-state index contributed by atoms with van der Waals surface area (Å²) >= 11 is 0. The number of anilines is 3. The number of benzene rings is 1. The van der Waals surface area contributed by atoms with Crippen LogP contribution in [-0.2, 0) is 4.74 Å². The number of hydrogen-bond donors (Lipinski definition) is 1. The first kappa shape index (κ1) is 16.7. The Labute approximate surface area is 162 Å². The number of nitrogens with one attached hydrogen (secondary N) is 1. The molecule has 1 N–H and O–H groups in total. The van der Waals surface area contributed by atoms with Crippen molar-refractivity contribution in [2.24, 2.45) is 0 Å². The van der Waals surface area contributed by atoms with E-state index in [2.05, 4.69) is 37.4 Å². The number of fused-ring (bicyclic) bond motifs is 1. The zero-order chi connectivity index (χ0) is 18.8. The lowest BCUT2D eigenvalue weighted by Gasteiger charge is -2.27. The predicted molar refractivity (Wildman–Crippen MR) is 109 cm³/mol. The molecule has 7 heteroatoms. The fourth-order valence-corrected chi connectivity index (χ4v) is 3.35. The minimum Gasteiger partial charge on any atom is -0.378 e. The topological polar surface area (TPSA) is 67.6 Å². The lowest BCUT2D eigenvalue weighted by atomic mass is 10.1. The van der Waals surface area contributed by atoms with Crippen LogP contribution in [0.1, 0.15) is 0 Å². The second kappa shape index (κ2) is 7.28. The molecule has 0 bridgehead atoms. The number of aromatic nitrogens is 4. The Hall–Kier alpha value is -3.45. The van der Waals surface area contributed by atoms with Gasteiger partial charge in [0.2, 0.25) is 5.95 Å². The van der Waals surface area contributed by atoms with Crippen LogP contribution in [0.2, 0.25) is 0 Å². The van der Waals surface area contributed by atoms with Gasteiger partial charge >= 0.3 is 0 Å². The van der Waals surface area contributed by atoms with Crippen molar-refractivity contribution in [1.82, 2.24) is 19.6 Å². The quantitative estimate of drug-likeness (QED) is 0.592. The molecule has 0 amide bonds. The molecular weight excluding hydrogens is 352 g/mol. The number of rotatable bonds is 4. The summed E-state index contributed by atoms with van der Waals surface area (Å²) in [6.45, 7) is 3.24. The largest absolute Gasteiger partial charge is 0.378 e. The molecule has 4 aromatic rings. The molecule has 7 nitrogen and oxygen atoms in total. The van der Waals surface area contributed by atoms with Crippen LogP contribution in [0.5, 0.6) is 0 Å². The van der Waals surface area contributed by atoms with Gasteiger partial charge in [-0.15, -0.1) is 5.10 Å². The molecular formula is C21H20N6O. The molecule has 0 radical (unpaired) electrons. The molecule has 1 aliphatic rings. The van der Waals surface area contributed by atoms with Crippen LogP contribution in [0, 0.1) is 0 Å². The van der Waals surface area contributed by atoms with Crippen molar-refractivity contribution in [2.75, 3.05) is 36.5 Å². The van der Waals surface area contributed by atoms with Crippen molar-refractivity contribution in [1.29, 1.82) is 0 Å². The number of morpholine rings is 1. The van der Waals surface area contributed by atoms with Crippen LogP contribution in [0.3, 0.4) is 0 Å². The Morgan fingerprint density at radius 3 is 2.54 bits per heavy atom. The summed E-state index contributed by atoms with van der Waals surface area (Å²) in [4.78, 5) is 11.4. The van der Waals surface area contributed by atoms with E-state index in [1.54, 1.807) is 0 Å². The Bertz CT molecular complexity index is 1070. The molecule has 0 unspecified atom stereocenters. The Balaban J connectivity index is 1.40. The monoisotopic (exact) mass is 372 g/mol. The summed E-state index contributed by atoms with van der Waals surface area (Å²) in [6.07, 6.45) is 1.81. The minimum atomic E-state index is 0.546. The smallest absolute Gasteiger partial charge is 0.247 e. The van der Waals surface area contributed by atoms with Gasteiger partial charge in [0, 0.05) is 18.7 Å². The molecule has 0 aliphatic carbocycles. The van der Waals surface area contributed by atoms with E-state index >= 15 is 0 Å². The third kappa shape index (κ3) is 3.27.